The Hall–Kier alpha value is -2.24. The van der Waals surface area contributed by atoms with Crippen molar-refractivity contribution in [3.05, 3.63) is 0 Å². The zero-order valence-corrected chi connectivity index (χ0v) is 23.4. The molecule has 2 aliphatic heterocycles. The molecule has 0 aromatic heterocycles. The molecule has 0 saturated carbocycles. The van der Waals surface area contributed by atoms with E-state index >= 15 is 0 Å². The molecule has 37 heavy (non-hydrogen) atoms. The molecule has 11 nitrogen and oxygen atoms in total. The predicted octanol–water partition coefficient (Wildman–Crippen LogP) is 0.0378. The summed E-state index contributed by atoms with van der Waals surface area (Å²) >= 11 is 0. The minimum atomic E-state index is -0.805. The molecular formula is C26H47N5O6. The largest absolute Gasteiger partial charge is 0.379 e. The Balaban J connectivity index is 1.81. The lowest BCUT2D eigenvalue weighted by Gasteiger charge is -2.29. The lowest BCUT2D eigenvalue weighted by atomic mass is 9.84. The van der Waals surface area contributed by atoms with Crippen molar-refractivity contribution in [2.24, 2.45) is 17.8 Å². The fourth-order valence-electron chi connectivity index (χ4n) is 4.39. The summed E-state index contributed by atoms with van der Waals surface area (Å²) in [6, 6.07) is -0.871. The van der Waals surface area contributed by atoms with E-state index in [1.165, 1.54) is 0 Å². The van der Waals surface area contributed by atoms with Crippen molar-refractivity contribution in [1.82, 2.24) is 26.2 Å². The number of hydrogen-bond acceptors (Lipinski definition) is 7. The maximum atomic E-state index is 12.9. The number of carbonyl (C=O) groups excluding carboxylic acids is 4. The Kier molecular flexibility index (Phi) is 12.3. The van der Waals surface area contributed by atoms with Crippen LogP contribution in [-0.4, -0.2) is 98.8 Å². The Morgan fingerprint density at radius 2 is 1.41 bits per heavy atom. The average Bonchev–Trinajstić information content (AvgIpc) is 3.58. The maximum Gasteiger partial charge on any atom is 0.243 e. The third-order valence-electron chi connectivity index (χ3n) is 6.94. The van der Waals surface area contributed by atoms with Crippen LogP contribution in [0.15, 0.2) is 0 Å². The van der Waals surface area contributed by atoms with Gasteiger partial charge in [0.1, 0.15) is 6.04 Å². The van der Waals surface area contributed by atoms with E-state index in [1.54, 1.807) is 0 Å². The van der Waals surface area contributed by atoms with Crippen LogP contribution < -0.4 is 21.3 Å². The summed E-state index contributed by atoms with van der Waals surface area (Å²) in [5, 5.41) is 11.0. The Morgan fingerprint density at radius 3 is 1.97 bits per heavy atom. The lowest BCUT2D eigenvalue weighted by Crippen LogP contribution is -2.53. The van der Waals surface area contributed by atoms with Gasteiger partial charge >= 0.3 is 0 Å². The third-order valence-corrected chi connectivity index (χ3v) is 6.94. The minimum Gasteiger partial charge on any atom is -0.379 e. The molecular weight excluding hydrogens is 478 g/mol. The molecule has 212 valence electrons. The molecule has 0 bridgehead atoms. The maximum absolute atomic E-state index is 12.9. The van der Waals surface area contributed by atoms with Gasteiger partial charge in [0.25, 0.3) is 0 Å². The molecule has 2 fully saturated rings. The van der Waals surface area contributed by atoms with Crippen molar-refractivity contribution in [1.29, 1.82) is 0 Å². The van der Waals surface area contributed by atoms with Crippen LogP contribution in [-0.2, 0) is 28.7 Å². The molecule has 11 heteroatoms. The fourth-order valence-corrected chi connectivity index (χ4v) is 4.39. The zero-order valence-electron chi connectivity index (χ0n) is 23.4. The topological polar surface area (TPSA) is 141 Å². The molecule has 0 radical (unpaired) electrons. The second-order valence-corrected chi connectivity index (χ2v) is 11.3. The number of amides is 4. The molecule has 2 saturated heterocycles. The molecule has 4 N–H and O–H groups in total. The van der Waals surface area contributed by atoms with Crippen molar-refractivity contribution in [2.75, 3.05) is 52.5 Å². The van der Waals surface area contributed by atoms with Gasteiger partial charge in [-0.3, -0.25) is 24.1 Å². The van der Waals surface area contributed by atoms with Crippen LogP contribution >= 0.6 is 0 Å². The normalized spacial score (nSPS) is 22.2. The first-order valence-corrected chi connectivity index (χ1v) is 13.5. The molecule has 2 rings (SSSR count). The SMILES string of the molecule is CC(C)CC(NC(=O)CNC(=O)CN1CCOCC1)C(=O)NCC(=O)NC(CC(C)C)C(C)C1(C)CO1. The average molecular weight is 526 g/mol. The minimum absolute atomic E-state index is 0.0656. The quantitative estimate of drug-likeness (QED) is 0.221. The van der Waals surface area contributed by atoms with Crippen molar-refractivity contribution in [3.63, 3.8) is 0 Å². The highest BCUT2D eigenvalue weighted by molar-refractivity contribution is 5.92. The Labute approximate surface area is 221 Å². The van der Waals surface area contributed by atoms with Crippen molar-refractivity contribution in [2.45, 2.75) is 72.1 Å². The summed E-state index contributed by atoms with van der Waals surface area (Å²) in [5.74, 6) is -0.747. The summed E-state index contributed by atoms with van der Waals surface area (Å²) in [5.41, 5.74) is -0.222. The van der Waals surface area contributed by atoms with Gasteiger partial charge in [0.2, 0.25) is 23.6 Å². The van der Waals surface area contributed by atoms with Gasteiger partial charge in [0, 0.05) is 25.0 Å². The van der Waals surface area contributed by atoms with Gasteiger partial charge in [0.05, 0.1) is 45.1 Å². The monoisotopic (exact) mass is 525 g/mol. The lowest BCUT2D eigenvalue weighted by molar-refractivity contribution is -0.131. The molecule has 4 unspecified atom stereocenters. The van der Waals surface area contributed by atoms with Crippen molar-refractivity contribution >= 4 is 23.6 Å². The second kappa shape index (κ2) is 14.6. The number of morpholine rings is 1. The highest BCUT2D eigenvalue weighted by Gasteiger charge is 2.48. The van der Waals surface area contributed by atoms with Gasteiger partial charge in [-0.15, -0.1) is 0 Å². The molecule has 0 spiro atoms. The van der Waals surface area contributed by atoms with Gasteiger partial charge in [-0.2, -0.15) is 0 Å². The molecule has 2 heterocycles. The third kappa shape index (κ3) is 11.4. The first-order chi connectivity index (χ1) is 17.4. The second-order valence-electron chi connectivity index (χ2n) is 11.3. The van der Waals surface area contributed by atoms with Gasteiger partial charge in [-0.05, 0) is 31.6 Å². The summed E-state index contributed by atoms with van der Waals surface area (Å²) in [6.45, 7) is 15.2. The number of epoxide rings is 1. The van der Waals surface area contributed by atoms with Gasteiger partial charge in [-0.1, -0.05) is 34.6 Å². The number of carbonyl (C=O) groups is 4. The number of hydrogen-bond donors (Lipinski definition) is 4. The number of ether oxygens (including phenoxy) is 2. The van der Waals surface area contributed by atoms with Gasteiger partial charge < -0.3 is 30.7 Å². The number of rotatable bonds is 15. The standard InChI is InChI=1S/C26H47N5O6/c1-17(2)11-20(19(5)26(6)16-37-26)29-23(33)14-28-25(35)21(12-18(3)4)30-22(32)13-27-24(34)15-31-7-9-36-10-8-31/h17-21H,7-16H2,1-6H3,(H,27,34)(H,28,35)(H,29,33)(H,30,32). The first-order valence-electron chi connectivity index (χ1n) is 13.5. The zero-order chi connectivity index (χ0) is 27.6. The summed E-state index contributed by atoms with van der Waals surface area (Å²) < 4.78 is 10.8. The van der Waals surface area contributed by atoms with E-state index in [9.17, 15) is 19.2 Å². The van der Waals surface area contributed by atoms with Crippen molar-refractivity contribution in [3.8, 4) is 0 Å². The number of nitrogens with zero attached hydrogens (tertiary/aromatic N) is 1. The van der Waals surface area contributed by atoms with E-state index in [0.717, 1.165) is 6.42 Å². The van der Waals surface area contributed by atoms with Crippen LogP contribution in [0.4, 0.5) is 0 Å². The van der Waals surface area contributed by atoms with Gasteiger partial charge in [-0.25, -0.2) is 0 Å². The molecule has 0 aliphatic carbocycles. The molecule has 2 aliphatic rings. The van der Waals surface area contributed by atoms with Crippen LogP contribution in [0.1, 0.15) is 54.4 Å². The number of nitrogens with one attached hydrogen (secondary N) is 4. The van der Waals surface area contributed by atoms with Crippen LogP contribution in [0.3, 0.4) is 0 Å². The highest BCUT2D eigenvalue weighted by atomic mass is 16.6. The van der Waals surface area contributed by atoms with E-state index in [4.69, 9.17) is 9.47 Å². The van der Waals surface area contributed by atoms with Crippen LogP contribution in [0.25, 0.3) is 0 Å². The van der Waals surface area contributed by atoms with E-state index < -0.39 is 17.9 Å². The molecule has 4 atom stereocenters. The van der Waals surface area contributed by atoms with E-state index in [2.05, 4.69) is 42.0 Å². The highest BCUT2D eigenvalue weighted by Crippen LogP contribution is 2.37. The molecule has 0 aromatic carbocycles. The Morgan fingerprint density at radius 1 is 0.838 bits per heavy atom. The Bertz CT molecular complexity index is 779. The van der Waals surface area contributed by atoms with Gasteiger partial charge in [0.15, 0.2) is 0 Å². The molecule has 4 amide bonds. The smallest absolute Gasteiger partial charge is 0.243 e. The van der Waals surface area contributed by atoms with Crippen molar-refractivity contribution < 1.29 is 28.7 Å². The first kappa shape index (κ1) is 31.0. The fraction of sp³-hybridized carbons (Fsp3) is 0.846. The summed E-state index contributed by atoms with van der Waals surface area (Å²) in [4.78, 5) is 52.1. The predicted molar refractivity (Wildman–Crippen MR) is 140 cm³/mol. The molecule has 0 aromatic rings. The summed E-state index contributed by atoms with van der Waals surface area (Å²) in [6.07, 6.45) is 1.21. The van der Waals surface area contributed by atoms with E-state index in [1.807, 2.05) is 25.7 Å². The van der Waals surface area contributed by atoms with E-state index in [-0.39, 0.29) is 54.9 Å². The van der Waals surface area contributed by atoms with Crippen LogP contribution in [0.2, 0.25) is 0 Å². The van der Waals surface area contributed by atoms with Crippen LogP contribution in [0.5, 0.6) is 0 Å². The summed E-state index contributed by atoms with van der Waals surface area (Å²) in [7, 11) is 0. The van der Waals surface area contributed by atoms with E-state index in [0.29, 0.717) is 45.2 Å². The van der Waals surface area contributed by atoms with Crippen LogP contribution in [0, 0.1) is 17.8 Å².